The van der Waals surface area contributed by atoms with Crippen molar-refractivity contribution in [1.29, 1.82) is 5.26 Å². The number of nitrogens with zero attached hydrogens (tertiary/aromatic N) is 2. The second-order valence-electron chi connectivity index (χ2n) is 3.81. The van der Waals surface area contributed by atoms with Gasteiger partial charge in [0.15, 0.2) is 0 Å². The number of aromatic nitrogens is 1. The van der Waals surface area contributed by atoms with Crippen molar-refractivity contribution in [2.75, 3.05) is 0 Å². The van der Waals surface area contributed by atoms with Gasteiger partial charge in [0, 0.05) is 17.6 Å². The summed E-state index contributed by atoms with van der Waals surface area (Å²) in [5, 5.41) is 8.98. The molecule has 0 saturated carbocycles. The van der Waals surface area contributed by atoms with Crippen molar-refractivity contribution in [3.05, 3.63) is 53.2 Å². The molecule has 1 aromatic heterocycles. The normalized spacial score (nSPS) is 9.83. The van der Waals surface area contributed by atoms with Gasteiger partial charge in [-0.3, -0.25) is 0 Å². The monoisotopic (exact) mass is 258 g/mol. The molecule has 0 saturated heterocycles. The van der Waals surface area contributed by atoms with E-state index in [4.69, 9.17) is 21.6 Å². The Hall–Kier alpha value is -2.05. The third-order valence-electron chi connectivity index (χ3n) is 2.46. The predicted octanol–water partition coefficient (Wildman–Crippen LogP) is 3.79. The molecule has 2 aromatic rings. The lowest BCUT2D eigenvalue weighted by Gasteiger charge is -2.09. The Morgan fingerprint density at radius 3 is 2.83 bits per heavy atom. The van der Waals surface area contributed by atoms with Crippen molar-refractivity contribution < 1.29 is 4.74 Å². The van der Waals surface area contributed by atoms with Gasteiger partial charge in [-0.2, -0.15) is 5.26 Å². The fourth-order valence-electron chi connectivity index (χ4n) is 1.55. The number of aryl methyl sites for hydroxylation is 1. The van der Waals surface area contributed by atoms with Crippen LogP contribution in [0.25, 0.3) is 0 Å². The van der Waals surface area contributed by atoms with Crippen LogP contribution in [-0.2, 0) is 5.88 Å². The molecule has 1 aromatic carbocycles. The van der Waals surface area contributed by atoms with E-state index in [9.17, 15) is 0 Å². The molecule has 90 valence electrons. The van der Waals surface area contributed by atoms with Gasteiger partial charge in [0.25, 0.3) is 0 Å². The quantitative estimate of drug-likeness (QED) is 0.787. The fraction of sp³-hybridized carbons (Fsp3) is 0.143. The SMILES string of the molecule is Cc1cc(CCl)cnc1Oc1ccccc1C#N. The Bertz CT molecular complexity index is 605. The highest BCUT2D eigenvalue weighted by molar-refractivity contribution is 6.17. The van der Waals surface area contributed by atoms with Crippen molar-refractivity contribution in [2.45, 2.75) is 12.8 Å². The van der Waals surface area contributed by atoms with Crippen molar-refractivity contribution in [3.63, 3.8) is 0 Å². The van der Waals surface area contributed by atoms with Gasteiger partial charge >= 0.3 is 0 Å². The van der Waals surface area contributed by atoms with Crippen LogP contribution in [0, 0.1) is 18.3 Å². The Balaban J connectivity index is 2.32. The first-order valence-electron chi connectivity index (χ1n) is 5.43. The van der Waals surface area contributed by atoms with Gasteiger partial charge in [0.1, 0.15) is 11.8 Å². The first kappa shape index (κ1) is 12.4. The van der Waals surface area contributed by atoms with E-state index in [1.807, 2.05) is 19.1 Å². The van der Waals surface area contributed by atoms with Crippen LogP contribution < -0.4 is 4.74 Å². The number of hydrogen-bond acceptors (Lipinski definition) is 3. The number of alkyl halides is 1. The van der Waals surface area contributed by atoms with Crippen LogP contribution in [0.5, 0.6) is 11.6 Å². The Morgan fingerprint density at radius 1 is 1.39 bits per heavy atom. The zero-order valence-corrected chi connectivity index (χ0v) is 10.6. The van der Waals surface area contributed by atoms with E-state index in [-0.39, 0.29) is 0 Å². The minimum atomic E-state index is 0.420. The van der Waals surface area contributed by atoms with Gasteiger partial charge in [-0.05, 0) is 30.7 Å². The van der Waals surface area contributed by atoms with E-state index in [0.717, 1.165) is 11.1 Å². The summed E-state index contributed by atoms with van der Waals surface area (Å²) >= 11 is 5.74. The molecule has 1 heterocycles. The molecule has 0 fully saturated rings. The van der Waals surface area contributed by atoms with E-state index in [2.05, 4.69) is 11.1 Å². The maximum Gasteiger partial charge on any atom is 0.222 e. The van der Waals surface area contributed by atoms with Gasteiger partial charge in [-0.1, -0.05) is 12.1 Å². The summed E-state index contributed by atoms with van der Waals surface area (Å²) in [6, 6.07) is 11.1. The molecule has 18 heavy (non-hydrogen) atoms. The third kappa shape index (κ3) is 2.61. The Labute approximate surface area is 111 Å². The van der Waals surface area contributed by atoms with Crippen molar-refractivity contribution in [2.24, 2.45) is 0 Å². The lowest BCUT2D eigenvalue weighted by atomic mass is 10.2. The van der Waals surface area contributed by atoms with Gasteiger partial charge in [0.05, 0.1) is 5.56 Å². The van der Waals surface area contributed by atoms with Crippen LogP contribution in [0.3, 0.4) is 0 Å². The van der Waals surface area contributed by atoms with E-state index >= 15 is 0 Å². The van der Waals surface area contributed by atoms with Crippen LogP contribution in [0.2, 0.25) is 0 Å². The van der Waals surface area contributed by atoms with Gasteiger partial charge in [-0.15, -0.1) is 11.6 Å². The predicted molar refractivity (Wildman–Crippen MR) is 69.8 cm³/mol. The summed E-state index contributed by atoms with van der Waals surface area (Å²) in [7, 11) is 0. The third-order valence-corrected chi connectivity index (χ3v) is 2.76. The van der Waals surface area contributed by atoms with Crippen molar-refractivity contribution in [3.8, 4) is 17.7 Å². The summed E-state index contributed by atoms with van der Waals surface area (Å²) in [6.07, 6.45) is 1.67. The molecular weight excluding hydrogens is 248 g/mol. The van der Waals surface area contributed by atoms with Crippen LogP contribution >= 0.6 is 11.6 Å². The van der Waals surface area contributed by atoms with Crippen LogP contribution in [0.4, 0.5) is 0 Å². The number of nitriles is 1. The highest BCUT2D eigenvalue weighted by Gasteiger charge is 2.07. The van der Waals surface area contributed by atoms with Gasteiger partial charge < -0.3 is 4.74 Å². The average Bonchev–Trinajstić information content (AvgIpc) is 2.41. The molecule has 2 rings (SSSR count). The minimum Gasteiger partial charge on any atom is -0.437 e. The van der Waals surface area contributed by atoms with E-state index in [1.165, 1.54) is 0 Å². The number of ether oxygens (including phenoxy) is 1. The minimum absolute atomic E-state index is 0.420. The largest absolute Gasteiger partial charge is 0.437 e. The van der Waals surface area contributed by atoms with Crippen LogP contribution in [0.1, 0.15) is 16.7 Å². The van der Waals surface area contributed by atoms with Crippen molar-refractivity contribution >= 4 is 11.6 Å². The first-order chi connectivity index (χ1) is 8.74. The molecule has 0 aliphatic heterocycles. The second-order valence-corrected chi connectivity index (χ2v) is 4.08. The first-order valence-corrected chi connectivity index (χ1v) is 5.96. The van der Waals surface area contributed by atoms with Gasteiger partial charge in [0.2, 0.25) is 5.88 Å². The number of rotatable bonds is 3. The molecule has 0 spiro atoms. The maximum absolute atomic E-state index is 8.98. The molecule has 0 bridgehead atoms. The topological polar surface area (TPSA) is 45.9 Å². The molecular formula is C14H11ClN2O. The van der Waals surface area contributed by atoms with Crippen LogP contribution in [-0.4, -0.2) is 4.98 Å². The lowest BCUT2D eigenvalue weighted by Crippen LogP contribution is -1.94. The summed E-state index contributed by atoms with van der Waals surface area (Å²) < 4.78 is 5.65. The summed E-state index contributed by atoms with van der Waals surface area (Å²) in [5.74, 6) is 1.42. The summed E-state index contributed by atoms with van der Waals surface area (Å²) in [6.45, 7) is 1.90. The molecule has 0 amide bonds. The molecule has 3 nitrogen and oxygen atoms in total. The number of pyridine rings is 1. The van der Waals surface area contributed by atoms with Gasteiger partial charge in [-0.25, -0.2) is 4.98 Å². The molecule has 4 heteroatoms. The zero-order valence-electron chi connectivity index (χ0n) is 9.85. The van der Waals surface area contributed by atoms with Crippen LogP contribution in [0.15, 0.2) is 36.5 Å². The van der Waals surface area contributed by atoms with E-state index in [0.29, 0.717) is 23.1 Å². The number of halogens is 1. The average molecular weight is 259 g/mol. The number of hydrogen-bond donors (Lipinski definition) is 0. The highest BCUT2D eigenvalue weighted by atomic mass is 35.5. The standard InChI is InChI=1S/C14H11ClN2O/c1-10-6-11(7-15)9-17-14(10)18-13-5-3-2-4-12(13)8-16/h2-6,9H,7H2,1H3. The second kappa shape index (κ2) is 5.52. The van der Waals surface area contributed by atoms with E-state index < -0.39 is 0 Å². The maximum atomic E-state index is 8.98. The Morgan fingerprint density at radius 2 is 2.17 bits per heavy atom. The van der Waals surface area contributed by atoms with E-state index in [1.54, 1.807) is 24.4 Å². The smallest absolute Gasteiger partial charge is 0.222 e. The molecule has 0 atom stereocenters. The fourth-order valence-corrected chi connectivity index (χ4v) is 1.70. The molecule has 0 unspecified atom stereocenters. The lowest BCUT2D eigenvalue weighted by molar-refractivity contribution is 0.457. The number of benzene rings is 1. The van der Waals surface area contributed by atoms with Crippen molar-refractivity contribution in [1.82, 2.24) is 4.98 Å². The summed E-state index contributed by atoms with van der Waals surface area (Å²) in [4.78, 5) is 4.20. The molecule has 0 N–H and O–H groups in total. The summed E-state index contributed by atoms with van der Waals surface area (Å²) in [5.41, 5.74) is 2.32. The highest BCUT2D eigenvalue weighted by Crippen LogP contribution is 2.26. The number of para-hydroxylation sites is 1. The zero-order chi connectivity index (χ0) is 13.0. The Kier molecular flexibility index (Phi) is 3.81. The molecule has 0 radical (unpaired) electrons. The molecule has 0 aliphatic carbocycles. The molecule has 0 aliphatic rings.